The van der Waals surface area contributed by atoms with Gasteiger partial charge in [-0.05, 0) is 24.5 Å². The second-order valence-electron chi connectivity index (χ2n) is 4.79. The number of aromatic nitrogens is 2. The van der Waals surface area contributed by atoms with E-state index in [2.05, 4.69) is 49.6 Å². The fourth-order valence-corrected chi connectivity index (χ4v) is 2.96. The molecule has 17 heavy (non-hydrogen) atoms. The Labute approximate surface area is 108 Å². The second-order valence-corrected chi connectivity index (χ2v) is 5.64. The molecule has 2 aliphatic carbocycles. The van der Waals surface area contributed by atoms with Crippen LogP contribution in [0.5, 0.6) is 0 Å². The van der Waals surface area contributed by atoms with E-state index in [9.17, 15) is 0 Å². The number of nitrogens with zero attached hydrogens (tertiary/aromatic N) is 1. The first kappa shape index (κ1) is 9.71. The summed E-state index contributed by atoms with van der Waals surface area (Å²) >= 11 is 3.62. The number of halogens is 1. The molecule has 2 aliphatic rings. The number of fused-ring (bicyclic) bond motifs is 3. The second kappa shape index (κ2) is 3.35. The van der Waals surface area contributed by atoms with Gasteiger partial charge in [0.1, 0.15) is 0 Å². The van der Waals surface area contributed by atoms with E-state index in [1.165, 1.54) is 39.7 Å². The number of aromatic amines is 1. The summed E-state index contributed by atoms with van der Waals surface area (Å²) in [6, 6.07) is 6.99. The first-order valence-electron chi connectivity index (χ1n) is 5.94. The van der Waals surface area contributed by atoms with Crippen LogP contribution in [0, 0.1) is 0 Å². The molecular weight excluding hydrogens is 278 g/mol. The maximum absolute atomic E-state index is 4.40. The Morgan fingerprint density at radius 1 is 1.29 bits per heavy atom. The summed E-state index contributed by atoms with van der Waals surface area (Å²) in [4.78, 5) is 0. The van der Waals surface area contributed by atoms with Gasteiger partial charge >= 0.3 is 0 Å². The van der Waals surface area contributed by atoms with Crippen LogP contribution in [-0.4, -0.2) is 16.2 Å². The van der Waals surface area contributed by atoms with Gasteiger partial charge in [-0.1, -0.05) is 28.1 Å². The summed E-state index contributed by atoms with van der Waals surface area (Å²) in [7, 11) is 0. The predicted molar refractivity (Wildman–Crippen MR) is 71.2 cm³/mol. The lowest BCUT2D eigenvalue weighted by Gasteiger charge is -2.03. The smallest absolute Gasteiger partial charge is 0.152 e. The Hall–Kier alpha value is -1.29. The van der Waals surface area contributed by atoms with Crippen LogP contribution < -0.4 is 5.32 Å². The van der Waals surface area contributed by atoms with E-state index in [0.717, 1.165) is 12.2 Å². The van der Waals surface area contributed by atoms with Crippen LogP contribution in [0.3, 0.4) is 0 Å². The third kappa shape index (κ3) is 1.43. The highest BCUT2D eigenvalue weighted by molar-refractivity contribution is 9.10. The van der Waals surface area contributed by atoms with Crippen molar-refractivity contribution in [3.8, 4) is 11.3 Å². The van der Waals surface area contributed by atoms with Crippen LogP contribution in [0.2, 0.25) is 0 Å². The summed E-state index contributed by atoms with van der Waals surface area (Å²) in [6.45, 7) is 0. The highest BCUT2D eigenvalue weighted by Gasteiger charge is 2.29. The topological polar surface area (TPSA) is 40.7 Å². The molecule has 0 bridgehead atoms. The molecular formula is C13H12BrN3. The summed E-state index contributed by atoms with van der Waals surface area (Å²) in [6.07, 6.45) is 3.52. The van der Waals surface area contributed by atoms with E-state index in [4.69, 9.17) is 0 Å². The van der Waals surface area contributed by atoms with Crippen molar-refractivity contribution < 1.29 is 0 Å². The van der Waals surface area contributed by atoms with Gasteiger partial charge in [-0.3, -0.25) is 5.10 Å². The van der Waals surface area contributed by atoms with E-state index >= 15 is 0 Å². The zero-order valence-electron chi connectivity index (χ0n) is 9.26. The van der Waals surface area contributed by atoms with Crippen molar-refractivity contribution in [3.05, 3.63) is 33.8 Å². The molecule has 1 aromatic carbocycles. The normalized spacial score (nSPS) is 16.8. The molecule has 3 nitrogen and oxygen atoms in total. The molecule has 4 rings (SSSR count). The van der Waals surface area contributed by atoms with Crippen molar-refractivity contribution in [2.45, 2.75) is 25.3 Å². The summed E-state index contributed by atoms with van der Waals surface area (Å²) in [5.41, 5.74) is 5.16. The molecule has 2 N–H and O–H groups in total. The molecule has 1 heterocycles. The van der Waals surface area contributed by atoms with Gasteiger partial charge in [0.05, 0.1) is 5.69 Å². The van der Waals surface area contributed by atoms with Crippen LogP contribution in [-0.2, 0) is 6.42 Å². The number of hydrogen-bond acceptors (Lipinski definition) is 2. The lowest BCUT2D eigenvalue weighted by molar-refractivity contribution is 1.04. The fraction of sp³-hybridized carbons (Fsp3) is 0.308. The molecule has 0 aliphatic heterocycles. The van der Waals surface area contributed by atoms with Gasteiger partial charge in [0, 0.05) is 28.1 Å². The van der Waals surface area contributed by atoms with Crippen LogP contribution in [0.1, 0.15) is 24.0 Å². The molecule has 2 aromatic rings. The predicted octanol–water partition coefficient (Wildman–Crippen LogP) is 3.32. The average molecular weight is 290 g/mol. The Bertz CT molecular complexity index is 599. The maximum atomic E-state index is 4.40. The number of hydrogen-bond donors (Lipinski definition) is 2. The first-order valence-corrected chi connectivity index (χ1v) is 6.74. The quantitative estimate of drug-likeness (QED) is 0.760. The van der Waals surface area contributed by atoms with Crippen molar-refractivity contribution >= 4 is 21.7 Å². The minimum absolute atomic E-state index is 0.648. The van der Waals surface area contributed by atoms with Gasteiger partial charge < -0.3 is 5.32 Å². The molecule has 0 amide bonds. The standard InChI is InChI=1S/C13H12BrN3/c14-11-3-1-2-8-9(11)6-10-12(8)16-17-13(10)15-7-4-5-7/h1-3,7H,4-6H2,(H2,15,16,17). The number of anilines is 1. The monoisotopic (exact) mass is 289 g/mol. The van der Waals surface area contributed by atoms with Crippen molar-refractivity contribution in [1.82, 2.24) is 10.2 Å². The van der Waals surface area contributed by atoms with Crippen LogP contribution in [0.25, 0.3) is 11.3 Å². The fourth-order valence-electron chi connectivity index (χ4n) is 2.45. The highest BCUT2D eigenvalue weighted by Crippen LogP contribution is 2.42. The lowest BCUT2D eigenvalue weighted by Crippen LogP contribution is -2.03. The Morgan fingerprint density at radius 2 is 2.18 bits per heavy atom. The maximum Gasteiger partial charge on any atom is 0.152 e. The van der Waals surface area contributed by atoms with Gasteiger partial charge in [-0.15, -0.1) is 0 Å². The molecule has 0 saturated heterocycles. The SMILES string of the molecule is Brc1cccc2c1Cc1c(NC3CC3)n[nH]c1-2. The third-order valence-corrected chi connectivity index (χ3v) is 4.27. The average Bonchev–Trinajstić information content (AvgIpc) is 2.92. The van der Waals surface area contributed by atoms with Gasteiger partial charge in [-0.25, -0.2) is 0 Å². The van der Waals surface area contributed by atoms with Crippen LogP contribution in [0.4, 0.5) is 5.82 Å². The van der Waals surface area contributed by atoms with E-state index in [1.807, 2.05) is 0 Å². The Morgan fingerprint density at radius 3 is 3.00 bits per heavy atom. The summed E-state index contributed by atoms with van der Waals surface area (Å²) in [5.74, 6) is 1.05. The molecule has 86 valence electrons. The van der Waals surface area contributed by atoms with E-state index < -0.39 is 0 Å². The first-order chi connectivity index (χ1) is 8.33. The molecule has 1 fully saturated rings. The van der Waals surface area contributed by atoms with Crippen LogP contribution >= 0.6 is 15.9 Å². The number of benzene rings is 1. The third-order valence-electron chi connectivity index (χ3n) is 3.53. The van der Waals surface area contributed by atoms with Crippen LogP contribution in [0.15, 0.2) is 22.7 Å². The molecule has 4 heteroatoms. The largest absolute Gasteiger partial charge is 0.366 e. The van der Waals surface area contributed by atoms with E-state index in [-0.39, 0.29) is 0 Å². The van der Waals surface area contributed by atoms with E-state index in [1.54, 1.807) is 0 Å². The molecule has 0 unspecified atom stereocenters. The lowest BCUT2D eigenvalue weighted by atomic mass is 10.1. The molecule has 1 saturated carbocycles. The highest BCUT2D eigenvalue weighted by atomic mass is 79.9. The van der Waals surface area contributed by atoms with Crippen molar-refractivity contribution in [1.29, 1.82) is 0 Å². The Kier molecular flexibility index (Phi) is 1.92. The number of nitrogens with one attached hydrogen (secondary N) is 2. The number of rotatable bonds is 2. The summed E-state index contributed by atoms with van der Waals surface area (Å²) in [5, 5.41) is 11.1. The molecule has 1 aromatic heterocycles. The van der Waals surface area contributed by atoms with Gasteiger partial charge in [0.2, 0.25) is 0 Å². The van der Waals surface area contributed by atoms with E-state index in [0.29, 0.717) is 6.04 Å². The minimum atomic E-state index is 0.648. The number of H-pyrrole nitrogens is 1. The zero-order valence-corrected chi connectivity index (χ0v) is 10.8. The van der Waals surface area contributed by atoms with Crippen molar-refractivity contribution in [2.75, 3.05) is 5.32 Å². The van der Waals surface area contributed by atoms with Gasteiger partial charge in [0.25, 0.3) is 0 Å². The molecule has 0 atom stereocenters. The van der Waals surface area contributed by atoms with Gasteiger partial charge in [-0.2, -0.15) is 5.10 Å². The summed E-state index contributed by atoms with van der Waals surface area (Å²) < 4.78 is 1.19. The zero-order chi connectivity index (χ0) is 11.4. The van der Waals surface area contributed by atoms with Crippen molar-refractivity contribution in [2.24, 2.45) is 0 Å². The molecule has 0 radical (unpaired) electrons. The minimum Gasteiger partial charge on any atom is -0.366 e. The van der Waals surface area contributed by atoms with Crippen molar-refractivity contribution in [3.63, 3.8) is 0 Å². The van der Waals surface area contributed by atoms with Gasteiger partial charge in [0.15, 0.2) is 5.82 Å². The Balaban J connectivity index is 1.80. The molecule has 0 spiro atoms.